The summed E-state index contributed by atoms with van der Waals surface area (Å²) >= 11 is 1.06. The van der Waals surface area contributed by atoms with Crippen LogP contribution in [-0.4, -0.2) is 16.1 Å². The first kappa shape index (κ1) is 11.7. The van der Waals surface area contributed by atoms with E-state index in [9.17, 15) is 13.6 Å². The van der Waals surface area contributed by atoms with Gasteiger partial charge in [-0.05, 0) is 19.1 Å². The maximum Gasteiger partial charge on any atom is 0.355 e. The number of carboxylic acids is 1. The third kappa shape index (κ3) is 2.16. The second-order valence-electron chi connectivity index (χ2n) is 3.35. The van der Waals surface area contributed by atoms with E-state index in [4.69, 9.17) is 5.11 Å². The van der Waals surface area contributed by atoms with Gasteiger partial charge in [0.2, 0.25) is 0 Å². The summed E-state index contributed by atoms with van der Waals surface area (Å²) in [5, 5.41) is 9.06. The molecule has 0 spiro atoms. The van der Waals surface area contributed by atoms with Gasteiger partial charge in [0.15, 0.2) is 5.69 Å². The molecule has 0 atom stereocenters. The summed E-state index contributed by atoms with van der Waals surface area (Å²) in [6, 6.07) is 3.09. The highest BCUT2D eigenvalue weighted by atomic mass is 32.1. The fraction of sp³-hybridized carbons (Fsp3) is 0.0909. The molecule has 0 bridgehead atoms. The van der Waals surface area contributed by atoms with Crippen LogP contribution in [0.3, 0.4) is 0 Å². The molecule has 2 aromatic rings. The van der Waals surface area contributed by atoms with Crippen LogP contribution in [0.15, 0.2) is 18.2 Å². The van der Waals surface area contributed by atoms with Crippen molar-refractivity contribution in [3.05, 3.63) is 40.4 Å². The molecule has 0 unspecified atom stereocenters. The Morgan fingerprint density at radius 3 is 2.65 bits per heavy atom. The summed E-state index contributed by atoms with van der Waals surface area (Å²) in [6.45, 7) is 1.59. The van der Waals surface area contributed by atoms with Gasteiger partial charge >= 0.3 is 5.97 Å². The molecule has 0 aliphatic rings. The number of halogens is 2. The van der Waals surface area contributed by atoms with Gasteiger partial charge in [-0.15, -0.1) is 11.3 Å². The Labute approximate surface area is 99.4 Å². The molecule has 0 saturated carbocycles. The fourth-order valence-corrected chi connectivity index (χ4v) is 2.31. The van der Waals surface area contributed by atoms with E-state index in [0.29, 0.717) is 4.88 Å². The predicted octanol–water partition coefficient (Wildman–Crippen LogP) is 3.09. The van der Waals surface area contributed by atoms with Gasteiger partial charge < -0.3 is 5.11 Å². The van der Waals surface area contributed by atoms with Crippen molar-refractivity contribution in [2.24, 2.45) is 0 Å². The summed E-state index contributed by atoms with van der Waals surface area (Å²) < 4.78 is 26.2. The molecule has 0 saturated heterocycles. The molecule has 0 radical (unpaired) electrons. The molecule has 88 valence electrons. The van der Waals surface area contributed by atoms with Crippen molar-refractivity contribution in [3.63, 3.8) is 0 Å². The average molecular weight is 255 g/mol. The first-order chi connectivity index (χ1) is 7.99. The van der Waals surface area contributed by atoms with Crippen LogP contribution in [-0.2, 0) is 0 Å². The molecule has 1 aromatic heterocycles. The molecule has 0 aliphatic carbocycles. The van der Waals surface area contributed by atoms with Crippen molar-refractivity contribution in [1.29, 1.82) is 0 Å². The number of carbonyl (C=O) groups is 1. The zero-order valence-corrected chi connectivity index (χ0v) is 9.52. The number of aromatic carboxylic acids is 1. The summed E-state index contributed by atoms with van der Waals surface area (Å²) in [7, 11) is 0. The highest BCUT2D eigenvalue weighted by molar-refractivity contribution is 7.15. The zero-order valence-electron chi connectivity index (χ0n) is 8.70. The molecule has 0 amide bonds. The maximum atomic E-state index is 13.5. The van der Waals surface area contributed by atoms with Crippen LogP contribution in [0.2, 0.25) is 0 Å². The average Bonchev–Trinajstić information content (AvgIpc) is 2.60. The Bertz CT molecular complexity index is 595. The lowest BCUT2D eigenvalue weighted by Crippen LogP contribution is -1.98. The van der Waals surface area contributed by atoms with Gasteiger partial charge in [0.05, 0.1) is 0 Å². The first-order valence-electron chi connectivity index (χ1n) is 4.65. The third-order valence-electron chi connectivity index (χ3n) is 2.16. The van der Waals surface area contributed by atoms with Gasteiger partial charge in [0.1, 0.15) is 16.6 Å². The standard InChI is InChI=1S/C11H7F2NO2S/c1-5-9(11(15)16)14-10(17-5)7-3-2-6(12)4-8(7)13/h2-4H,1H3,(H,15,16). The van der Waals surface area contributed by atoms with Crippen molar-refractivity contribution in [1.82, 2.24) is 4.98 Å². The van der Waals surface area contributed by atoms with Crippen molar-refractivity contribution in [3.8, 4) is 10.6 Å². The number of hydrogen-bond donors (Lipinski definition) is 1. The molecule has 17 heavy (non-hydrogen) atoms. The van der Waals surface area contributed by atoms with Crippen LogP contribution in [0.5, 0.6) is 0 Å². The summed E-state index contributed by atoms with van der Waals surface area (Å²) in [5.74, 6) is -2.60. The molecule has 1 heterocycles. The minimum Gasteiger partial charge on any atom is -0.476 e. The molecule has 1 N–H and O–H groups in total. The summed E-state index contributed by atoms with van der Waals surface area (Å²) in [4.78, 5) is 15.1. The van der Waals surface area contributed by atoms with E-state index in [2.05, 4.69) is 4.98 Å². The van der Waals surface area contributed by atoms with Crippen molar-refractivity contribution >= 4 is 17.3 Å². The van der Waals surface area contributed by atoms with Gasteiger partial charge in [-0.3, -0.25) is 0 Å². The number of carboxylic acid groups (broad SMARTS) is 1. The number of thiazole rings is 1. The van der Waals surface area contributed by atoms with Crippen LogP contribution in [0.25, 0.3) is 10.6 Å². The van der Waals surface area contributed by atoms with E-state index in [0.717, 1.165) is 23.5 Å². The molecule has 1 aromatic carbocycles. The van der Waals surface area contributed by atoms with E-state index in [1.807, 2.05) is 0 Å². The number of rotatable bonds is 2. The van der Waals surface area contributed by atoms with Gasteiger partial charge in [-0.1, -0.05) is 0 Å². The zero-order chi connectivity index (χ0) is 12.6. The van der Waals surface area contributed by atoms with Crippen LogP contribution in [0, 0.1) is 18.6 Å². The van der Waals surface area contributed by atoms with Crippen molar-refractivity contribution in [2.75, 3.05) is 0 Å². The Balaban J connectivity index is 2.53. The lowest BCUT2D eigenvalue weighted by Gasteiger charge is -1.98. The van der Waals surface area contributed by atoms with Gasteiger partial charge in [-0.2, -0.15) is 0 Å². The number of hydrogen-bond acceptors (Lipinski definition) is 3. The van der Waals surface area contributed by atoms with Crippen LogP contribution in [0.4, 0.5) is 8.78 Å². The first-order valence-corrected chi connectivity index (χ1v) is 5.47. The van der Waals surface area contributed by atoms with Gasteiger partial charge in [0.25, 0.3) is 0 Å². The largest absolute Gasteiger partial charge is 0.476 e. The number of aromatic nitrogens is 1. The lowest BCUT2D eigenvalue weighted by atomic mass is 10.2. The highest BCUT2D eigenvalue weighted by Gasteiger charge is 2.17. The van der Waals surface area contributed by atoms with Crippen molar-refractivity contribution in [2.45, 2.75) is 6.92 Å². The molecule has 0 fully saturated rings. The van der Waals surface area contributed by atoms with Crippen LogP contribution in [0.1, 0.15) is 15.4 Å². The maximum absolute atomic E-state index is 13.5. The summed E-state index contributed by atoms with van der Waals surface area (Å²) in [5.41, 5.74) is 0.000671. The Kier molecular flexibility index (Phi) is 2.89. The van der Waals surface area contributed by atoms with Crippen LogP contribution < -0.4 is 0 Å². The SMILES string of the molecule is Cc1sc(-c2ccc(F)cc2F)nc1C(=O)O. The van der Waals surface area contributed by atoms with Gasteiger partial charge in [0, 0.05) is 16.5 Å². The molecule has 6 heteroatoms. The topological polar surface area (TPSA) is 50.2 Å². The molecular weight excluding hydrogens is 248 g/mol. The lowest BCUT2D eigenvalue weighted by molar-refractivity contribution is 0.0690. The number of nitrogens with zero attached hydrogens (tertiary/aromatic N) is 1. The third-order valence-corrected chi connectivity index (χ3v) is 3.16. The quantitative estimate of drug-likeness (QED) is 0.897. The van der Waals surface area contributed by atoms with E-state index in [1.54, 1.807) is 6.92 Å². The second kappa shape index (κ2) is 4.21. The number of aryl methyl sites for hydroxylation is 1. The Hall–Kier alpha value is -1.82. The monoisotopic (exact) mass is 255 g/mol. The van der Waals surface area contributed by atoms with E-state index in [-0.39, 0.29) is 16.3 Å². The Morgan fingerprint density at radius 1 is 1.41 bits per heavy atom. The highest BCUT2D eigenvalue weighted by Crippen LogP contribution is 2.29. The fourth-order valence-electron chi connectivity index (χ4n) is 1.37. The summed E-state index contributed by atoms with van der Waals surface area (Å²) in [6.07, 6.45) is 0. The minimum absolute atomic E-state index is 0.103. The minimum atomic E-state index is -1.16. The molecule has 3 nitrogen and oxygen atoms in total. The smallest absolute Gasteiger partial charge is 0.355 e. The van der Waals surface area contributed by atoms with E-state index >= 15 is 0 Å². The molecule has 0 aliphatic heterocycles. The van der Waals surface area contributed by atoms with Crippen molar-refractivity contribution < 1.29 is 18.7 Å². The van der Waals surface area contributed by atoms with E-state index < -0.39 is 17.6 Å². The van der Waals surface area contributed by atoms with Crippen LogP contribution >= 0.6 is 11.3 Å². The Morgan fingerprint density at radius 2 is 2.12 bits per heavy atom. The second-order valence-corrected chi connectivity index (χ2v) is 4.56. The number of benzene rings is 1. The van der Waals surface area contributed by atoms with E-state index in [1.165, 1.54) is 6.07 Å². The van der Waals surface area contributed by atoms with Gasteiger partial charge in [-0.25, -0.2) is 18.6 Å². The molecule has 2 rings (SSSR count). The molecular formula is C11H7F2NO2S. The predicted molar refractivity (Wildman–Crippen MR) is 59.2 cm³/mol. The normalized spacial score (nSPS) is 10.5.